The van der Waals surface area contributed by atoms with Gasteiger partial charge in [0.15, 0.2) is 11.5 Å². The molecule has 0 unspecified atom stereocenters. The molecule has 2 heterocycles. The monoisotopic (exact) mass is 467 g/mol. The van der Waals surface area contributed by atoms with Crippen LogP contribution in [0.4, 0.5) is 36.2 Å². The molecule has 32 heavy (non-hydrogen) atoms. The van der Waals surface area contributed by atoms with Gasteiger partial charge in [0.25, 0.3) is 0 Å². The van der Waals surface area contributed by atoms with Gasteiger partial charge in [0.2, 0.25) is 18.4 Å². The maximum absolute atomic E-state index is 13.1. The van der Waals surface area contributed by atoms with Gasteiger partial charge in [-0.05, 0) is 35.9 Å². The van der Waals surface area contributed by atoms with Crippen molar-refractivity contribution in [3.63, 3.8) is 0 Å². The van der Waals surface area contributed by atoms with E-state index >= 15 is 0 Å². The highest BCUT2D eigenvalue weighted by Gasteiger charge is 2.33. The number of ether oxygens (including phenoxy) is 2. The minimum Gasteiger partial charge on any atom is -0.454 e. The van der Waals surface area contributed by atoms with Crippen LogP contribution in [0.15, 0.2) is 42.7 Å². The maximum Gasteiger partial charge on any atom is 0.417 e. The molecule has 0 bridgehead atoms. The summed E-state index contributed by atoms with van der Waals surface area (Å²) in [7, 11) is 0. The Morgan fingerprint density at radius 2 is 1.84 bits per heavy atom. The van der Waals surface area contributed by atoms with Crippen molar-refractivity contribution >= 4 is 34.6 Å². The highest BCUT2D eigenvalue weighted by atomic mass is 35.5. The number of hydrogen-bond acceptors (Lipinski definition) is 8. The third kappa shape index (κ3) is 4.44. The molecule has 0 spiro atoms. The fourth-order valence-electron chi connectivity index (χ4n) is 2.97. The van der Waals surface area contributed by atoms with Gasteiger partial charge < -0.3 is 20.1 Å². The van der Waals surface area contributed by atoms with E-state index in [4.69, 9.17) is 21.1 Å². The van der Waals surface area contributed by atoms with Gasteiger partial charge in [-0.25, -0.2) is 9.97 Å². The molecule has 4 rings (SSSR count). The molecule has 0 amide bonds. The molecule has 0 fully saturated rings. The van der Waals surface area contributed by atoms with Crippen molar-refractivity contribution in [3.8, 4) is 11.5 Å². The van der Waals surface area contributed by atoms with Gasteiger partial charge in [-0.1, -0.05) is 17.7 Å². The molecule has 0 saturated carbocycles. The molecule has 0 aliphatic carbocycles. The highest BCUT2D eigenvalue weighted by Crippen LogP contribution is 2.38. The van der Waals surface area contributed by atoms with E-state index in [0.717, 1.165) is 24.0 Å². The molecule has 0 saturated heterocycles. The predicted octanol–water partition coefficient (Wildman–Crippen LogP) is 5.14. The first-order valence-corrected chi connectivity index (χ1v) is 9.36. The van der Waals surface area contributed by atoms with E-state index in [-0.39, 0.29) is 30.7 Å². The molecule has 0 atom stereocenters. The van der Waals surface area contributed by atoms with Crippen molar-refractivity contribution in [1.29, 1.82) is 0 Å². The van der Waals surface area contributed by atoms with Crippen LogP contribution >= 0.6 is 11.6 Å². The van der Waals surface area contributed by atoms with Crippen LogP contribution in [0.3, 0.4) is 0 Å². The zero-order valence-electron chi connectivity index (χ0n) is 15.9. The van der Waals surface area contributed by atoms with Crippen LogP contribution in [0, 0.1) is 10.1 Å². The molecule has 1 aliphatic heterocycles. The van der Waals surface area contributed by atoms with Gasteiger partial charge in [-0.3, -0.25) is 10.1 Å². The third-order valence-electron chi connectivity index (χ3n) is 4.44. The molecular weight excluding hydrogens is 455 g/mol. The van der Waals surface area contributed by atoms with Gasteiger partial charge in [0, 0.05) is 12.2 Å². The lowest BCUT2D eigenvalue weighted by molar-refractivity contribution is -0.383. The smallest absolute Gasteiger partial charge is 0.417 e. The van der Waals surface area contributed by atoms with E-state index in [1.54, 1.807) is 18.2 Å². The fourth-order valence-corrected chi connectivity index (χ4v) is 3.19. The fraction of sp³-hybridized carbons (Fsp3) is 0.158. The van der Waals surface area contributed by atoms with Crippen molar-refractivity contribution in [2.45, 2.75) is 12.7 Å². The molecule has 2 N–H and O–H groups in total. The third-order valence-corrected chi connectivity index (χ3v) is 4.77. The van der Waals surface area contributed by atoms with Crippen LogP contribution in [0.5, 0.6) is 11.5 Å². The number of halogens is 4. The zero-order valence-corrected chi connectivity index (χ0v) is 16.7. The van der Waals surface area contributed by atoms with Gasteiger partial charge in [0.1, 0.15) is 6.33 Å². The number of nitrogens with zero attached hydrogens (tertiary/aromatic N) is 3. The second kappa shape index (κ2) is 8.38. The van der Waals surface area contributed by atoms with Gasteiger partial charge >= 0.3 is 11.9 Å². The zero-order chi connectivity index (χ0) is 22.9. The summed E-state index contributed by atoms with van der Waals surface area (Å²) < 4.78 is 49.9. The number of benzene rings is 2. The number of hydrogen-bond donors (Lipinski definition) is 2. The maximum atomic E-state index is 13.1. The van der Waals surface area contributed by atoms with Crippen LogP contribution < -0.4 is 20.1 Å². The summed E-state index contributed by atoms with van der Waals surface area (Å²) >= 11 is 5.62. The molecular formula is C19H13ClF3N5O4. The van der Waals surface area contributed by atoms with Crippen LogP contribution in [-0.4, -0.2) is 21.7 Å². The van der Waals surface area contributed by atoms with E-state index in [1.807, 2.05) is 0 Å². The van der Waals surface area contributed by atoms with E-state index in [2.05, 4.69) is 20.6 Å². The standard InChI is InChI=1S/C19H13ClF3N5O4/c20-13-3-2-11(6-12(13)19(21,22)23)27-18-16(28(29)30)17(25-8-26-18)24-7-10-1-4-14-15(5-10)32-9-31-14/h1-6,8H,7,9H2,(H2,24,25,26,27). The minimum absolute atomic E-state index is 0.0785. The first kappa shape index (κ1) is 21.4. The average Bonchev–Trinajstić information content (AvgIpc) is 3.20. The second-order valence-electron chi connectivity index (χ2n) is 6.54. The number of nitrogens with one attached hydrogen (secondary N) is 2. The molecule has 166 valence electrons. The lowest BCUT2D eigenvalue weighted by atomic mass is 10.2. The Kier molecular flexibility index (Phi) is 5.61. The van der Waals surface area contributed by atoms with Crippen LogP contribution in [0.25, 0.3) is 0 Å². The number of alkyl halides is 3. The van der Waals surface area contributed by atoms with Crippen LogP contribution in [0.1, 0.15) is 11.1 Å². The minimum atomic E-state index is -4.69. The topological polar surface area (TPSA) is 111 Å². The Hall–Kier alpha value is -3.80. The Labute approximate surface area is 183 Å². The summed E-state index contributed by atoms with van der Waals surface area (Å²) in [6, 6.07) is 8.21. The van der Waals surface area contributed by atoms with E-state index in [1.165, 1.54) is 6.07 Å². The molecule has 1 aliphatic rings. The van der Waals surface area contributed by atoms with Crippen molar-refractivity contribution in [2.75, 3.05) is 17.4 Å². The quantitative estimate of drug-likeness (QED) is 0.378. The van der Waals surface area contributed by atoms with Crippen molar-refractivity contribution in [2.24, 2.45) is 0 Å². The first-order valence-electron chi connectivity index (χ1n) is 8.98. The summed E-state index contributed by atoms with van der Waals surface area (Å²) in [5, 5.41) is 16.6. The average molecular weight is 468 g/mol. The summed E-state index contributed by atoms with van der Waals surface area (Å²) in [5.41, 5.74) is -0.951. The van der Waals surface area contributed by atoms with E-state index < -0.39 is 27.4 Å². The molecule has 3 aromatic rings. The summed E-state index contributed by atoms with van der Waals surface area (Å²) in [6.45, 7) is 0.270. The SMILES string of the molecule is O=[N+]([O-])c1c(NCc2ccc3c(c2)OCO3)ncnc1Nc1ccc(Cl)c(C(F)(F)F)c1. The Morgan fingerprint density at radius 1 is 1.09 bits per heavy atom. The lowest BCUT2D eigenvalue weighted by Crippen LogP contribution is -2.09. The molecule has 9 nitrogen and oxygen atoms in total. The molecule has 0 radical (unpaired) electrons. The Bertz CT molecular complexity index is 1190. The number of fused-ring (bicyclic) bond motifs is 1. The van der Waals surface area contributed by atoms with E-state index in [9.17, 15) is 23.3 Å². The predicted molar refractivity (Wildman–Crippen MR) is 108 cm³/mol. The Balaban J connectivity index is 1.59. The number of rotatable bonds is 6. The van der Waals surface area contributed by atoms with Crippen molar-refractivity contribution in [3.05, 3.63) is 69.0 Å². The summed E-state index contributed by atoms with van der Waals surface area (Å²) in [4.78, 5) is 18.7. The summed E-state index contributed by atoms with van der Waals surface area (Å²) in [6.07, 6.45) is -3.64. The van der Waals surface area contributed by atoms with E-state index in [0.29, 0.717) is 11.5 Å². The summed E-state index contributed by atoms with van der Waals surface area (Å²) in [5.74, 6) is 0.741. The normalized spacial score (nSPS) is 12.5. The second-order valence-corrected chi connectivity index (χ2v) is 6.94. The number of nitro groups is 1. The molecule has 13 heteroatoms. The van der Waals surface area contributed by atoms with Crippen molar-refractivity contribution < 1.29 is 27.6 Å². The molecule has 2 aromatic carbocycles. The number of aromatic nitrogens is 2. The first-order chi connectivity index (χ1) is 15.2. The lowest BCUT2D eigenvalue weighted by Gasteiger charge is -2.13. The van der Waals surface area contributed by atoms with Crippen LogP contribution in [0.2, 0.25) is 5.02 Å². The Morgan fingerprint density at radius 3 is 2.59 bits per heavy atom. The van der Waals surface area contributed by atoms with Gasteiger partial charge in [0.05, 0.1) is 15.5 Å². The molecule has 1 aromatic heterocycles. The van der Waals surface area contributed by atoms with Crippen LogP contribution in [-0.2, 0) is 12.7 Å². The van der Waals surface area contributed by atoms with Gasteiger partial charge in [-0.15, -0.1) is 0 Å². The van der Waals surface area contributed by atoms with Gasteiger partial charge in [-0.2, -0.15) is 13.2 Å². The largest absolute Gasteiger partial charge is 0.454 e. The van der Waals surface area contributed by atoms with Crippen molar-refractivity contribution in [1.82, 2.24) is 9.97 Å². The number of anilines is 3. The highest BCUT2D eigenvalue weighted by molar-refractivity contribution is 6.31.